The summed E-state index contributed by atoms with van der Waals surface area (Å²) in [4.78, 5) is 12.4. The molecule has 0 saturated carbocycles. The molecule has 0 spiro atoms. The van der Waals surface area contributed by atoms with Gasteiger partial charge in [-0.1, -0.05) is 76.2 Å². The first kappa shape index (κ1) is 18.3. The second-order valence-corrected chi connectivity index (χ2v) is 7.01. The summed E-state index contributed by atoms with van der Waals surface area (Å²) >= 11 is 0. The Bertz CT molecular complexity index is 633. The summed E-state index contributed by atoms with van der Waals surface area (Å²) in [6, 6.07) is 16.7. The zero-order valence-electron chi connectivity index (χ0n) is 15.3. The van der Waals surface area contributed by atoms with Gasteiger partial charge in [0.2, 0.25) is 5.91 Å². The molecule has 0 atom stereocenters. The van der Waals surface area contributed by atoms with Gasteiger partial charge in [-0.15, -0.1) is 0 Å². The number of rotatable bonds is 7. The van der Waals surface area contributed by atoms with Gasteiger partial charge >= 0.3 is 0 Å². The average molecular weight is 323 g/mol. The molecule has 128 valence electrons. The lowest BCUT2D eigenvalue weighted by atomic mass is 9.92. The van der Waals surface area contributed by atoms with Crippen molar-refractivity contribution < 1.29 is 4.79 Å². The topological polar surface area (TPSA) is 29.1 Å². The molecule has 0 bridgehead atoms. The van der Waals surface area contributed by atoms with Crippen LogP contribution in [0, 0.1) is 0 Å². The molecule has 1 amide bonds. The van der Waals surface area contributed by atoms with E-state index in [2.05, 4.69) is 63.3 Å². The van der Waals surface area contributed by atoms with Crippen molar-refractivity contribution in [2.75, 3.05) is 5.32 Å². The monoisotopic (exact) mass is 323 g/mol. The lowest BCUT2D eigenvalue weighted by molar-refractivity contribution is -0.116. The second kappa shape index (κ2) is 8.68. The second-order valence-electron chi connectivity index (χ2n) is 7.01. The van der Waals surface area contributed by atoms with Crippen molar-refractivity contribution in [3.05, 3.63) is 65.2 Å². The first-order valence-corrected chi connectivity index (χ1v) is 8.95. The lowest BCUT2D eigenvalue weighted by Gasteiger charge is -2.20. The van der Waals surface area contributed by atoms with Gasteiger partial charge in [0.15, 0.2) is 0 Å². The van der Waals surface area contributed by atoms with E-state index in [1.165, 1.54) is 16.7 Å². The van der Waals surface area contributed by atoms with E-state index < -0.39 is 0 Å². The molecule has 2 heteroatoms. The molecular formula is C22H29NO. The van der Waals surface area contributed by atoms with Crippen LogP contribution in [0.5, 0.6) is 0 Å². The van der Waals surface area contributed by atoms with Crippen LogP contribution >= 0.6 is 0 Å². The number of carbonyl (C=O) groups is 1. The maximum absolute atomic E-state index is 12.4. The molecule has 0 aliphatic rings. The summed E-state index contributed by atoms with van der Waals surface area (Å²) in [5.74, 6) is 0.896. The molecule has 2 nitrogen and oxygen atoms in total. The fraction of sp³-hybridized carbons (Fsp3) is 0.409. The van der Waals surface area contributed by atoms with Crippen LogP contribution in [-0.2, 0) is 11.2 Å². The summed E-state index contributed by atoms with van der Waals surface area (Å²) in [5.41, 5.74) is 4.75. The maximum Gasteiger partial charge on any atom is 0.224 e. The Hall–Kier alpha value is -2.09. The van der Waals surface area contributed by atoms with Gasteiger partial charge in [0.1, 0.15) is 0 Å². The molecule has 1 N–H and O–H groups in total. The van der Waals surface area contributed by atoms with Crippen molar-refractivity contribution in [2.24, 2.45) is 0 Å². The van der Waals surface area contributed by atoms with E-state index in [1.807, 2.05) is 18.2 Å². The van der Waals surface area contributed by atoms with Crippen LogP contribution in [0.15, 0.2) is 48.5 Å². The first-order chi connectivity index (χ1) is 11.5. The van der Waals surface area contributed by atoms with Crippen molar-refractivity contribution in [1.29, 1.82) is 0 Å². The highest BCUT2D eigenvalue weighted by atomic mass is 16.1. The average Bonchev–Trinajstić information content (AvgIpc) is 2.55. The fourth-order valence-corrected chi connectivity index (χ4v) is 3.00. The highest BCUT2D eigenvalue weighted by Gasteiger charge is 2.15. The number of anilines is 1. The molecule has 2 aromatic carbocycles. The molecule has 0 radical (unpaired) electrons. The zero-order chi connectivity index (χ0) is 17.5. The maximum atomic E-state index is 12.4. The summed E-state index contributed by atoms with van der Waals surface area (Å²) in [7, 11) is 0. The standard InChI is InChI=1S/C22H29NO/c1-16(2)19-13-9-14-20(17(3)4)22(19)23-21(24)15-8-12-18-10-6-5-7-11-18/h5-7,9-11,13-14,16-17H,8,12,15H2,1-4H3,(H,23,24). The van der Waals surface area contributed by atoms with Crippen LogP contribution in [0.25, 0.3) is 0 Å². The summed E-state index contributed by atoms with van der Waals surface area (Å²) < 4.78 is 0. The first-order valence-electron chi connectivity index (χ1n) is 8.95. The Morgan fingerprint density at radius 3 is 2.00 bits per heavy atom. The molecule has 0 aromatic heterocycles. The summed E-state index contributed by atoms with van der Waals surface area (Å²) in [5, 5.41) is 3.19. The quantitative estimate of drug-likeness (QED) is 0.676. The highest BCUT2D eigenvalue weighted by molar-refractivity contribution is 5.92. The molecular weight excluding hydrogens is 294 g/mol. The minimum atomic E-state index is 0.112. The summed E-state index contributed by atoms with van der Waals surface area (Å²) in [6.07, 6.45) is 2.37. The molecule has 0 saturated heterocycles. The molecule has 0 heterocycles. The van der Waals surface area contributed by atoms with Gasteiger partial charge < -0.3 is 5.32 Å². The third kappa shape index (κ3) is 4.95. The van der Waals surface area contributed by atoms with E-state index in [0.29, 0.717) is 18.3 Å². The molecule has 24 heavy (non-hydrogen) atoms. The number of aryl methyl sites for hydroxylation is 1. The van der Waals surface area contributed by atoms with Gasteiger partial charge in [-0.3, -0.25) is 4.79 Å². The largest absolute Gasteiger partial charge is 0.326 e. The number of amides is 1. The zero-order valence-corrected chi connectivity index (χ0v) is 15.3. The van der Waals surface area contributed by atoms with E-state index in [1.54, 1.807) is 0 Å². The van der Waals surface area contributed by atoms with Gasteiger partial charge in [0.25, 0.3) is 0 Å². The van der Waals surface area contributed by atoms with Crippen molar-refractivity contribution in [2.45, 2.75) is 58.8 Å². The van der Waals surface area contributed by atoms with Gasteiger partial charge in [-0.2, -0.15) is 0 Å². The van der Waals surface area contributed by atoms with Gasteiger partial charge in [-0.25, -0.2) is 0 Å². The Labute approximate surface area is 146 Å². The van der Waals surface area contributed by atoms with Crippen LogP contribution in [0.2, 0.25) is 0 Å². The number of hydrogen-bond acceptors (Lipinski definition) is 1. The van der Waals surface area contributed by atoms with Crippen LogP contribution in [0.4, 0.5) is 5.69 Å². The smallest absolute Gasteiger partial charge is 0.224 e. The van der Waals surface area contributed by atoms with E-state index in [0.717, 1.165) is 18.5 Å². The molecule has 0 fully saturated rings. The van der Waals surface area contributed by atoms with Crippen molar-refractivity contribution in [3.63, 3.8) is 0 Å². The number of nitrogens with one attached hydrogen (secondary N) is 1. The van der Waals surface area contributed by atoms with E-state index in [-0.39, 0.29) is 5.91 Å². The predicted molar refractivity (Wildman–Crippen MR) is 103 cm³/mol. The fourth-order valence-electron chi connectivity index (χ4n) is 3.00. The lowest BCUT2D eigenvalue weighted by Crippen LogP contribution is -2.15. The van der Waals surface area contributed by atoms with Gasteiger partial charge in [0, 0.05) is 12.1 Å². The Morgan fingerprint density at radius 1 is 0.875 bits per heavy atom. The Balaban J connectivity index is 2.02. The van der Waals surface area contributed by atoms with E-state index >= 15 is 0 Å². The number of para-hydroxylation sites is 1. The molecule has 0 aliphatic carbocycles. The highest BCUT2D eigenvalue weighted by Crippen LogP contribution is 2.32. The van der Waals surface area contributed by atoms with Crippen molar-refractivity contribution in [1.82, 2.24) is 0 Å². The van der Waals surface area contributed by atoms with Crippen LogP contribution in [0.3, 0.4) is 0 Å². The minimum Gasteiger partial charge on any atom is -0.326 e. The van der Waals surface area contributed by atoms with Crippen LogP contribution < -0.4 is 5.32 Å². The van der Waals surface area contributed by atoms with Crippen molar-refractivity contribution in [3.8, 4) is 0 Å². The molecule has 2 rings (SSSR count). The predicted octanol–water partition coefficient (Wildman–Crippen LogP) is 5.89. The SMILES string of the molecule is CC(C)c1cccc(C(C)C)c1NC(=O)CCCc1ccccc1. The Morgan fingerprint density at radius 2 is 1.46 bits per heavy atom. The van der Waals surface area contributed by atoms with Crippen LogP contribution in [-0.4, -0.2) is 5.91 Å². The van der Waals surface area contributed by atoms with E-state index in [4.69, 9.17) is 0 Å². The van der Waals surface area contributed by atoms with E-state index in [9.17, 15) is 4.79 Å². The van der Waals surface area contributed by atoms with Gasteiger partial charge in [0.05, 0.1) is 0 Å². The minimum absolute atomic E-state index is 0.112. The van der Waals surface area contributed by atoms with Gasteiger partial charge in [-0.05, 0) is 41.4 Å². The number of hydrogen-bond donors (Lipinski definition) is 1. The normalized spacial score (nSPS) is 11.1. The number of carbonyl (C=O) groups excluding carboxylic acids is 1. The summed E-state index contributed by atoms with van der Waals surface area (Å²) in [6.45, 7) is 8.68. The molecule has 0 aliphatic heterocycles. The van der Waals surface area contributed by atoms with Crippen LogP contribution in [0.1, 0.15) is 69.1 Å². The third-order valence-electron chi connectivity index (χ3n) is 4.35. The Kier molecular flexibility index (Phi) is 6.60. The van der Waals surface area contributed by atoms with Crippen molar-refractivity contribution >= 4 is 11.6 Å². The molecule has 0 unspecified atom stereocenters. The molecule has 2 aromatic rings. The third-order valence-corrected chi connectivity index (χ3v) is 4.35. The number of benzene rings is 2.